The van der Waals surface area contributed by atoms with Crippen LogP contribution in [0.2, 0.25) is 0 Å². The monoisotopic (exact) mass is 374 g/mol. The lowest BCUT2D eigenvalue weighted by atomic mass is 10.0. The third-order valence-electron chi connectivity index (χ3n) is 4.31. The summed E-state index contributed by atoms with van der Waals surface area (Å²) in [5.41, 5.74) is 1.34. The molecule has 0 radical (unpaired) electrons. The van der Waals surface area contributed by atoms with Crippen LogP contribution < -0.4 is 14.8 Å². The molecule has 0 aromatic heterocycles. The fourth-order valence-corrected chi connectivity index (χ4v) is 4.41. The fourth-order valence-electron chi connectivity index (χ4n) is 2.92. The van der Waals surface area contributed by atoms with E-state index in [-0.39, 0.29) is 28.5 Å². The van der Waals surface area contributed by atoms with Crippen LogP contribution in [0.3, 0.4) is 0 Å². The van der Waals surface area contributed by atoms with Crippen molar-refractivity contribution < 1.29 is 17.9 Å². The van der Waals surface area contributed by atoms with Gasteiger partial charge < -0.3 is 10.1 Å². The Kier molecular flexibility index (Phi) is 5.29. The molecule has 6 nitrogen and oxygen atoms in total. The van der Waals surface area contributed by atoms with Gasteiger partial charge in [-0.1, -0.05) is 30.3 Å². The highest BCUT2D eigenvalue weighted by Crippen LogP contribution is 2.42. The largest absolute Gasteiger partial charge is 0.495 e. The molecule has 0 aliphatic heterocycles. The van der Waals surface area contributed by atoms with Crippen LogP contribution in [-0.2, 0) is 14.8 Å². The number of hydrogen-bond acceptors (Lipinski definition) is 4. The maximum Gasteiger partial charge on any atom is 0.244 e. The molecule has 2 aromatic carbocycles. The molecule has 2 aromatic rings. The molecule has 138 valence electrons. The van der Waals surface area contributed by atoms with Crippen molar-refractivity contribution in [2.45, 2.75) is 30.7 Å². The Balaban J connectivity index is 1.95. The second-order valence-electron chi connectivity index (χ2n) is 6.39. The van der Waals surface area contributed by atoms with Crippen molar-refractivity contribution in [2.24, 2.45) is 5.92 Å². The van der Waals surface area contributed by atoms with Gasteiger partial charge >= 0.3 is 0 Å². The number of methoxy groups -OCH3 is 1. The standard InChI is InChI=1S/C19H22N2O4S/c1-13(22)20-16-10-11-17(25-2)18(12-16)26(23,24)21-19(15-8-9-15)14-6-4-3-5-7-14/h3-7,10-12,15,19,21H,8-9H2,1-2H3,(H,20,22). The van der Waals surface area contributed by atoms with Gasteiger partial charge in [-0.3, -0.25) is 4.79 Å². The number of rotatable bonds is 7. The minimum absolute atomic E-state index is 0.00725. The summed E-state index contributed by atoms with van der Waals surface area (Å²) in [5.74, 6) is 0.248. The molecular weight excluding hydrogens is 352 g/mol. The van der Waals surface area contributed by atoms with E-state index in [4.69, 9.17) is 4.74 Å². The van der Waals surface area contributed by atoms with Gasteiger partial charge in [0.2, 0.25) is 15.9 Å². The summed E-state index contributed by atoms with van der Waals surface area (Å²) in [6.45, 7) is 1.37. The molecule has 0 saturated heterocycles. The average molecular weight is 374 g/mol. The van der Waals surface area contributed by atoms with Gasteiger partial charge in [0.1, 0.15) is 10.6 Å². The van der Waals surface area contributed by atoms with Crippen LogP contribution >= 0.6 is 0 Å². The number of carbonyl (C=O) groups excluding carboxylic acids is 1. The van der Waals surface area contributed by atoms with Crippen LogP contribution in [0, 0.1) is 5.92 Å². The van der Waals surface area contributed by atoms with Gasteiger partial charge in [-0.05, 0) is 42.5 Å². The van der Waals surface area contributed by atoms with Crippen LogP contribution in [-0.4, -0.2) is 21.4 Å². The Bertz CT molecular complexity index is 893. The molecule has 0 heterocycles. The minimum Gasteiger partial charge on any atom is -0.495 e. The molecule has 1 saturated carbocycles. The van der Waals surface area contributed by atoms with Gasteiger partial charge in [0.05, 0.1) is 7.11 Å². The number of amides is 1. The first-order valence-corrected chi connectivity index (χ1v) is 9.92. The maximum absolute atomic E-state index is 13.1. The molecule has 3 rings (SSSR count). The predicted octanol–water partition coefficient (Wildman–Crippen LogP) is 3.08. The lowest BCUT2D eigenvalue weighted by Crippen LogP contribution is -2.30. The minimum atomic E-state index is -3.84. The van der Waals surface area contributed by atoms with Crippen molar-refractivity contribution in [1.29, 1.82) is 0 Å². The van der Waals surface area contributed by atoms with Crippen molar-refractivity contribution in [3.8, 4) is 5.75 Å². The third-order valence-corrected chi connectivity index (χ3v) is 5.77. The van der Waals surface area contributed by atoms with Crippen LogP contribution in [0.15, 0.2) is 53.4 Å². The van der Waals surface area contributed by atoms with Gasteiger partial charge in [0.15, 0.2) is 0 Å². The lowest BCUT2D eigenvalue weighted by Gasteiger charge is -2.20. The zero-order valence-corrected chi connectivity index (χ0v) is 15.5. The van der Waals surface area contributed by atoms with Crippen molar-refractivity contribution in [1.82, 2.24) is 4.72 Å². The van der Waals surface area contributed by atoms with Crippen molar-refractivity contribution >= 4 is 21.6 Å². The number of anilines is 1. The van der Waals surface area contributed by atoms with Crippen molar-refractivity contribution in [3.05, 3.63) is 54.1 Å². The Morgan fingerprint density at radius 2 is 1.85 bits per heavy atom. The summed E-state index contributed by atoms with van der Waals surface area (Å²) >= 11 is 0. The number of benzene rings is 2. The van der Waals surface area contributed by atoms with Crippen LogP contribution in [0.5, 0.6) is 5.75 Å². The quantitative estimate of drug-likeness (QED) is 0.780. The molecular formula is C19H22N2O4S. The SMILES string of the molecule is COc1ccc(NC(C)=O)cc1S(=O)(=O)NC(c1ccccc1)C1CC1. The Morgan fingerprint density at radius 3 is 2.42 bits per heavy atom. The van der Waals surface area contributed by atoms with Crippen LogP contribution in [0.1, 0.15) is 31.4 Å². The summed E-state index contributed by atoms with van der Waals surface area (Å²) in [4.78, 5) is 11.3. The van der Waals surface area contributed by atoms with E-state index in [0.29, 0.717) is 5.69 Å². The van der Waals surface area contributed by atoms with E-state index in [2.05, 4.69) is 10.0 Å². The summed E-state index contributed by atoms with van der Waals surface area (Å²) in [5, 5.41) is 2.60. The van der Waals surface area contributed by atoms with Gasteiger partial charge in [-0.15, -0.1) is 0 Å². The van der Waals surface area contributed by atoms with E-state index >= 15 is 0 Å². The number of ether oxygens (including phenoxy) is 1. The Labute approximate surface area is 153 Å². The first kappa shape index (κ1) is 18.4. The molecule has 1 atom stereocenters. The molecule has 7 heteroatoms. The number of sulfonamides is 1. The number of carbonyl (C=O) groups is 1. The molecule has 1 aliphatic carbocycles. The zero-order valence-electron chi connectivity index (χ0n) is 14.7. The van der Waals surface area contributed by atoms with E-state index in [1.54, 1.807) is 6.07 Å². The van der Waals surface area contributed by atoms with Crippen molar-refractivity contribution in [3.63, 3.8) is 0 Å². The van der Waals surface area contributed by atoms with E-state index < -0.39 is 10.0 Å². The average Bonchev–Trinajstić information content (AvgIpc) is 3.45. The van der Waals surface area contributed by atoms with Gasteiger partial charge in [0, 0.05) is 18.7 Å². The summed E-state index contributed by atoms with van der Waals surface area (Å²) in [6.07, 6.45) is 1.98. The molecule has 26 heavy (non-hydrogen) atoms. The maximum atomic E-state index is 13.1. The van der Waals surface area contributed by atoms with E-state index in [9.17, 15) is 13.2 Å². The highest BCUT2D eigenvalue weighted by molar-refractivity contribution is 7.89. The Hall–Kier alpha value is -2.38. The number of nitrogens with one attached hydrogen (secondary N) is 2. The first-order valence-electron chi connectivity index (χ1n) is 8.43. The smallest absolute Gasteiger partial charge is 0.244 e. The van der Waals surface area contributed by atoms with Gasteiger partial charge in [-0.25, -0.2) is 13.1 Å². The van der Waals surface area contributed by atoms with E-state index in [0.717, 1.165) is 18.4 Å². The second-order valence-corrected chi connectivity index (χ2v) is 8.08. The van der Waals surface area contributed by atoms with Crippen LogP contribution in [0.4, 0.5) is 5.69 Å². The third kappa shape index (κ3) is 4.23. The molecule has 1 aliphatic rings. The lowest BCUT2D eigenvalue weighted by molar-refractivity contribution is -0.114. The topological polar surface area (TPSA) is 84.5 Å². The Morgan fingerprint density at radius 1 is 1.15 bits per heavy atom. The van der Waals surface area contributed by atoms with Gasteiger partial charge in [0.25, 0.3) is 0 Å². The molecule has 0 spiro atoms. The van der Waals surface area contributed by atoms with Crippen molar-refractivity contribution in [2.75, 3.05) is 12.4 Å². The highest BCUT2D eigenvalue weighted by atomic mass is 32.2. The van der Waals surface area contributed by atoms with Crippen LogP contribution in [0.25, 0.3) is 0 Å². The molecule has 1 amide bonds. The molecule has 1 fully saturated rings. The summed E-state index contributed by atoms with van der Waals surface area (Å²) in [7, 11) is -2.42. The summed E-state index contributed by atoms with van der Waals surface area (Å²) in [6, 6.07) is 13.8. The second kappa shape index (κ2) is 7.47. The number of hydrogen-bond donors (Lipinski definition) is 2. The van der Waals surface area contributed by atoms with E-state index in [1.165, 1.54) is 26.2 Å². The molecule has 0 bridgehead atoms. The predicted molar refractivity (Wildman–Crippen MR) is 99.5 cm³/mol. The molecule has 1 unspecified atom stereocenters. The highest BCUT2D eigenvalue weighted by Gasteiger charge is 2.36. The zero-order chi connectivity index (χ0) is 18.7. The van der Waals surface area contributed by atoms with Gasteiger partial charge in [-0.2, -0.15) is 0 Å². The van der Waals surface area contributed by atoms with E-state index in [1.807, 2.05) is 30.3 Å². The first-order chi connectivity index (χ1) is 12.4. The molecule has 2 N–H and O–H groups in total. The normalized spacial score (nSPS) is 15.3. The fraction of sp³-hybridized carbons (Fsp3) is 0.316. The summed E-state index contributed by atoms with van der Waals surface area (Å²) < 4.78 is 34.2.